The fourth-order valence-corrected chi connectivity index (χ4v) is 2.82. The number of carbonyl (C=O) groups is 1. The average Bonchev–Trinajstić information content (AvgIpc) is 3.40. The summed E-state index contributed by atoms with van der Waals surface area (Å²) in [5, 5.41) is 9.31. The fraction of sp³-hybridized carbons (Fsp3) is 0.500. The molecule has 0 bridgehead atoms. The van der Waals surface area contributed by atoms with E-state index >= 15 is 0 Å². The van der Waals surface area contributed by atoms with Crippen molar-refractivity contribution in [1.29, 1.82) is 0 Å². The molecule has 1 aromatic carbocycles. The Morgan fingerprint density at radius 3 is 2.72 bits per heavy atom. The third-order valence-corrected chi connectivity index (χ3v) is 4.51. The minimum atomic E-state index is -0.203. The molecule has 0 radical (unpaired) electrons. The Labute approximate surface area is 147 Å². The number of hydrogen-bond donors (Lipinski definition) is 2. The maximum absolute atomic E-state index is 12.3. The van der Waals surface area contributed by atoms with Gasteiger partial charge in [0, 0.05) is 30.9 Å². The SMILES string of the molecule is CCCCN(C)c1ccc(C(=O)NCc2n[nH]c(=O)n2C2CC2)cc1. The molecule has 7 nitrogen and oxygen atoms in total. The van der Waals surface area contributed by atoms with Crippen molar-refractivity contribution in [3.05, 3.63) is 46.1 Å². The van der Waals surface area contributed by atoms with Crippen LogP contribution in [-0.2, 0) is 6.54 Å². The van der Waals surface area contributed by atoms with Gasteiger partial charge in [-0.3, -0.25) is 9.36 Å². The first-order valence-electron chi connectivity index (χ1n) is 8.85. The summed E-state index contributed by atoms with van der Waals surface area (Å²) in [6.07, 6.45) is 4.29. The Kier molecular flexibility index (Phi) is 5.21. The van der Waals surface area contributed by atoms with Crippen molar-refractivity contribution in [2.75, 3.05) is 18.5 Å². The summed E-state index contributed by atoms with van der Waals surface area (Å²) in [5.74, 6) is 0.414. The number of hydrogen-bond acceptors (Lipinski definition) is 4. The summed E-state index contributed by atoms with van der Waals surface area (Å²) in [5.41, 5.74) is 1.49. The van der Waals surface area contributed by atoms with Crippen LogP contribution < -0.4 is 15.9 Å². The summed E-state index contributed by atoms with van der Waals surface area (Å²) >= 11 is 0. The van der Waals surface area contributed by atoms with Gasteiger partial charge in [-0.1, -0.05) is 13.3 Å². The van der Waals surface area contributed by atoms with Gasteiger partial charge in [0.05, 0.1) is 6.54 Å². The van der Waals surface area contributed by atoms with Crippen LogP contribution in [0.15, 0.2) is 29.1 Å². The van der Waals surface area contributed by atoms with E-state index in [1.165, 1.54) is 0 Å². The standard InChI is InChI=1S/C18H25N5O2/c1-3-4-11-22(2)14-7-5-13(6-8-14)17(24)19-12-16-20-21-18(25)23(16)15-9-10-15/h5-8,15H,3-4,9-12H2,1-2H3,(H,19,24)(H,21,25). The van der Waals surface area contributed by atoms with Crippen LogP contribution in [0.5, 0.6) is 0 Å². The maximum atomic E-state index is 12.3. The Morgan fingerprint density at radius 1 is 1.36 bits per heavy atom. The minimum Gasteiger partial charge on any atom is -0.375 e. The van der Waals surface area contributed by atoms with Crippen molar-refractivity contribution in [2.45, 2.75) is 45.2 Å². The molecule has 134 valence electrons. The topological polar surface area (TPSA) is 83.0 Å². The number of aromatic nitrogens is 3. The summed E-state index contributed by atoms with van der Waals surface area (Å²) < 4.78 is 1.64. The first-order chi connectivity index (χ1) is 12.1. The highest BCUT2D eigenvalue weighted by molar-refractivity contribution is 5.94. The van der Waals surface area contributed by atoms with Gasteiger partial charge in [-0.25, -0.2) is 9.89 Å². The molecule has 1 fully saturated rings. The summed E-state index contributed by atoms with van der Waals surface area (Å²) in [4.78, 5) is 26.2. The lowest BCUT2D eigenvalue weighted by molar-refractivity contribution is 0.0949. The molecule has 0 atom stereocenters. The predicted octanol–water partition coefficient (Wildman–Crippen LogP) is 2.07. The molecule has 1 amide bonds. The van der Waals surface area contributed by atoms with Gasteiger partial charge in [-0.15, -0.1) is 0 Å². The number of benzene rings is 1. The van der Waals surface area contributed by atoms with E-state index in [9.17, 15) is 9.59 Å². The third-order valence-electron chi connectivity index (χ3n) is 4.51. The molecule has 1 aliphatic carbocycles. The van der Waals surface area contributed by atoms with E-state index in [4.69, 9.17) is 0 Å². The van der Waals surface area contributed by atoms with Crippen molar-refractivity contribution in [3.8, 4) is 0 Å². The molecule has 0 saturated heterocycles. The second kappa shape index (κ2) is 7.55. The van der Waals surface area contributed by atoms with Gasteiger partial charge in [-0.2, -0.15) is 5.10 Å². The lowest BCUT2D eigenvalue weighted by Gasteiger charge is -2.19. The molecular weight excluding hydrogens is 318 g/mol. The lowest BCUT2D eigenvalue weighted by Crippen LogP contribution is -2.26. The molecular formula is C18H25N5O2. The number of H-pyrrole nitrogens is 1. The summed E-state index contributed by atoms with van der Waals surface area (Å²) in [6, 6.07) is 7.80. The number of anilines is 1. The first kappa shape index (κ1) is 17.3. The highest BCUT2D eigenvalue weighted by Gasteiger charge is 2.28. The molecule has 1 aliphatic rings. The number of amides is 1. The van der Waals surface area contributed by atoms with Crippen molar-refractivity contribution < 1.29 is 4.79 Å². The van der Waals surface area contributed by atoms with Crippen LogP contribution in [0.4, 0.5) is 5.69 Å². The fourth-order valence-electron chi connectivity index (χ4n) is 2.82. The van der Waals surface area contributed by atoms with Crippen molar-refractivity contribution in [3.63, 3.8) is 0 Å². The lowest BCUT2D eigenvalue weighted by atomic mass is 10.2. The van der Waals surface area contributed by atoms with E-state index in [1.54, 1.807) is 4.57 Å². The van der Waals surface area contributed by atoms with Crippen molar-refractivity contribution >= 4 is 11.6 Å². The zero-order valence-corrected chi connectivity index (χ0v) is 14.8. The van der Waals surface area contributed by atoms with Crippen LogP contribution in [0.25, 0.3) is 0 Å². The normalized spacial score (nSPS) is 13.7. The van der Waals surface area contributed by atoms with E-state index in [0.29, 0.717) is 11.4 Å². The Bertz CT molecular complexity index is 774. The van der Waals surface area contributed by atoms with E-state index < -0.39 is 0 Å². The zero-order valence-electron chi connectivity index (χ0n) is 14.8. The number of unbranched alkanes of at least 4 members (excludes halogenated alkanes) is 1. The smallest absolute Gasteiger partial charge is 0.343 e. The second-order valence-corrected chi connectivity index (χ2v) is 6.55. The molecule has 2 N–H and O–H groups in total. The summed E-state index contributed by atoms with van der Waals surface area (Å²) in [7, 11) is 2.06. The van der Waals surface area contributed by atoms with Gasteiger partial charge < -0.3 is 10.2 Å². The minimum absolute atomic E-state index is 0.166. The van der Waals surface area contributed by atoms with Crippen LogP contribution in [0, 0.1) is 0 Å². The van der Waals surface area contributed by atoms with E-state index in [0.717, 1.165) is 37.9 Å². The van der Waals surface area contributed by atoms with Gasteiger partial charge in [0.15, 0.2) is 5.82 Å². The molecule has 1 saturated carbocycles. The Hall–Kier alpha value is -2.57. The van der Waals surface area contributed by atoms with E-state index in [-0.39, 0.29) is 24.2 Å². The van der Waals surface area contributed by atoms with Gasteiger partial charge in [0.25, 0.3) is 5.91 Å². The average molecular weight is 343 g/mol. The van der Waals surface area contributed by atoms with Crippen LogP contribution in [-0.4, -0.2) is 34.3 Å². The van der Waals surface area contributed by atoms with Gasteiger partial charge in [0.1, 0.15) is 0 Å². The molecule has 1 heterocycles. The van der Waals surface area contributed by atoms with Crippen molar-refractivity contribution in [2.24, 2.45) is 0 Å². The number of nitrogens with zero attached hydrogens (tertiary/aromatic N) is 3. The monoisotopic (exact) mass is 343 g/mol. The quantitative estimate of drug-likeness (QED) is 0.769. The molecule has 25 heavy (non-hydrogen) atoms. The predicted molar refractivity (Wildman–Crippen MR) is 96.9 cm³/mol. The van der Waals surface area contributed by atoms with E-state index in [1.807, 2.05) is 24.3 Å². The van der Waals surface area contributed by atoms with Gasteiger partial charge in [-0.05, 0) is 43.5 Å². The number of carbonyl (C=O) groups excluding carboxylic acids is 1. The number of nitrogens with one attached hydrogen (secondary N) is 2. The highest BCUT2D eigenvalue weighted by Crippen LogP contribution is 2.33. The van der Waals surface area contributed by atoms with Crippen LogP contribution >= 0.6 is 0 Å². The van der Waals surface area contributed by atoms with Gasteiger partial charge >= 0.3 is 5.69 Å². The first-order valence-corrected chi connectivity index (χ1v) is 8.85. The summed E-state index contributed by atoms with van der Waals surface area (Å²) in [6.45, 7) is 3.41. The number of rotatable bonds is 8. The van der Waals surface area contributed by atoms with E-state index in [2.05, 4.69) is 34.4 Å². The maximum Gasteiger partial charge on any atom is 0.343 e. The Morgan fingerprint density at radius 2 is 2.08 bits per heavy atom. The van der Waals surface area contributed by atoms with Crippen LogP contribution in [0.1, 0.15) is 54.8 Å². The third kappa shape index (κ3) is 4.10. The molecule has 1 aromatic heterocycles. The molecule has 0 unspecified atom stereocenters. The number of aromatic amines is 1. The molecule has 7 heteroatoms. The largest absolute Gasteiger partial charge is 0.375 e. The molecule has 0 aliphatic heterocycles. The van der Waals surface area contributed by atoms with Gasteiger partial charge in [0.2, 0.25) is 0 Å². The highest BCUT2D eigenvalue weighted by atomic mass is 16.2. The molecule has 3 rings (SSSR count). The van der Waals surface area contributed by atoms with Crippen LogP contribution in [0.2, 0.25) is 0 Å². The molecule has 0 spiro atoms. The van der Waals surface area contributed by atoms with Crippen molar-refractivity contribution in [1.82, 2.24) is 20.1 Å². The Balaban J connectivity index is 1.59. The zero-order chi connectivity index (χ0) is 17.8. The van der Waals surface area contributed by atoms with Crippen LogP contribution in [0.3, 0.4) is 0 Å². The molecule has 2 aromatic rings. The second-order valence-electron chi connectivity index (χ2n) is 6.55.